The van der Waals surface area contributed by atoms with E-state index in [2.05, 4.69) is 0 Å². The maximum Gasteiger partial charge on any atom is 0.314 e. The summed E-state index contributed by atoms with van der Waals surface area (Å²) >= 11 is 0. The maximum absolute atomic E-state index is 11.5. The van der Waals surface area contributed by atoms with Crippen molar-refractivity contribution in [3.63, 3.8) is 0 Å². The monoisotopic (exact) mass is 291 g/mol. The van der Waals surface area contributed by atoms with Gasteiger partial charge in [-0.25, -0.2) is 8.42 Å². The number of ether oxygens (including phenoxy) is 2. The first-order chi connectivity index (χ1) is 8.81. The fourth-order valence-electron chi connectivity index (χ4n) is 1.29. The first kappa shape index (κ1) is 17.2. The highest BCUT2D eigenvalue weighted by molar-refractivity contribution is 7.90. The lowest BCUT2D eigenvalue weighted by Gasteiger charge is -2.09. The molecule has 0 saturated heterocycles. The average Bonchev–Trinajstić information content (AvgIpc) is 2.38. The van der Waals surface area contributed by atoms with E-state index in [9.17, 15) is 18.5 Å². The lowest BCUT2D eigenvalue weighted by molar-refractivity contribution is -0.385. The Balaban J connectivity index is 0.00000154. The van der Waals surface area contributed by atoms with Crippen molar-refractivity contribution in [3.05, 3.63) is 22.2 Å². The van der Waals surface area contributed by atoms with Crippen LogP contribution >= 0.6 is 0 Å². The molecule has 0 amide bonds. The molecule has 0 bridgehead atoms. The highest BCUT2D eigenvalue weighted by Crippen LogP contribution is 2.36. The van der Waals surface area contributed by atoms with E-state index in [-0.39, 0.29) is 22.1 Å². The van der Waals surface area contributed by atoms with Gasteiger partial charge in [-0.15, -0.1) is 0 Å². The zero-order valence-corrected chi connectivity index (χ0v) is 12.3. The summed E-state index contributed by atoms with van der Waals surface area (Å²) in [5.74, 6) is -0.212. The molecule has 8 heteroatoms. The van der Waals surface area contributed by atoms with Gasteiger partial charge in [-0.05, 0) is 0 Å². The van der Waals surface area contributed by atoms with Gasteiger partial charge in [0.15, 0.2) is 15.6 Å². The molecule has 0 aliphatic rings. The Labute approximate surface area is 112 Å². The van der Waals surface area contributed by atoms with Gasteiger partial charge in [-0.3, -0.25) is 10.1 Å². The summed E-state index contributed by atoms with van der Waals surface area (Å²) in [5.41, 5.74) is -0.350. The Morgan fingerprint density at radius 1 is 1.11 bits per heavy atom. The molecule has 0 spiro atoms. The second-order valence-electron chi connectivity index (χ2n) is 3.20. The Bertz CT molecular complexity index is 553. The number of rotatable bonds is 4. The molecule has 0 radical (unpaired) electrons. The molecule has 0 heterocycles. The maximum atomic E-state index is 11.5. The van der Waals surface area contributed by atoms with Crippen LogP contribution in [-0.2, 0) is 9.84 Å². The fourth-order valence-corrected chi connectivity index (χ4v) is 2.11. The predicted octanol–water partition coefficient (Wildman–Crippen LogP) is 2.04. The number of methoxy groups -OCH3 is 2. The molecule has 0 saturated carbocycles. The second-order valence-corrected chi connectivity index (χ2v) is 5.19. The molecule has 1 aromatic rings. The van der Waals surface area contributed by atoms with Crippen molar-refractivity contribution in [2.45, 2.75) is 18.7 Å². The van der Waals surface area contributed by atoms with Gasteiger partial charge >= 0.3 is 5.69 Å². The van der Waals surface area contributed by atoms with E-state index < -0.39 is 14.8 Å². The second kappa shape index (κ2) is 6.93. The normalized spacial score (nSPS) is 10.2. The van der Waals surface area contributed by atoms with Crippen LogP contribution in [0.15, 0.2) is 17.0 Å². The van der Waals surface area contributed by atoms with Crippen molar-refractivity contribution in [2.24, 2.45) is 0 Å². The van der Waals surface area contributed by atoms with Gasteiger partial charge in [0, 0.05) is 12.3 Å². The van der Waals surface area contributed by atoms with Gasteiger partial charge in [0.05, 0.1) is 25.2 Å². The Kier molecular flexibility index (Phi) is 6.26. The van der Waals surface area contributed by atoms with Crippen molar-refractivity contribution in [1.29, 1.82) is 0 Å². The minimum atomic E-state index is -3.55. The van der Waals surface area contributed by atoms with Crippen LogP contribution in [0.25, 0.3) is 0 Å². The van der Waals surface area contributed by atoms with Crippen LogP contribution in [0.4, 0.5) is 5.69 Å². The van der Waals surface area contributed by atoms with Crippen molar-refractivity contribution in [3.8, 4) is 11.5 Å². The first-order valence-electron chi connectivity index (χ1n) is 5.41. The van der Waals surface area contributed by atoms with Gasteiger partial charge in [0.1, 0.15) is 10.6 Å². The Morgan fingerprint density at radius 3 is 1.89 bits per heavy atom. The standard InChI is InChI=1S/C9H11NO6S.C2H6/c1-15-7-5-9(17(3,13)14)8(16-2)4-6(7)10(11)12;1-2/h4-5H,1-3H3;1-2H3. The highest BCUT2D eigenvalue weighted by Gasteiger charge is 2.24. The molecule has 0 unspecified atom stereocenters. The zero-order chi connectivity index (χ0) is 15.2. The number of hydrogen-bond donors (Lipinski definition) is 0. The SMILES string of the molecule is CC.COc1cc(S(C)(=O)=O)c(OC)cc1[N+](=O)[O-]. The van der Waals surface area contributed by atoms with Crippen LogP contribution in [0.1, 0.15) is 13.8 Å². The number of hydrogen-bond acceptors (Lipinski definition) is 6. The molecule has 108 valence electrons. The van der Waals surface area contributed by atoms with Gasteiger partial charge < -0.3 is 9.47 Å². The molecule has 0 aliphatic heterocycles. The van der Waals surface area contributed by atoms with Gasteiger partial charge in [0.2, 0.25) is 0 Å². The van der Waals surface area contributed by atoms with Crippen LogP contribution in [0.5, 0.6) is 11.5 Å². The molecule has 0 fully saturated rings. The zero-order valence-electron chi connectivity index (χ0n) is 11.5. The van der Waals surface area contributed by atoms with E-state index in [1.54, 1.807) is 0 Å². The van der Waals surface area contributed by atoms with Crippen molar-refractivity contribution < 1.29 is 22.8 Å². The summed E-state index contributed by atoms with van der Waals surface area (Å²) < 4.78 is 32.5. The summed E-state index contributed by atoms with van der Waals surface area (Å²) in [7, 11) is -1.09. The van der Waals surface area contributed by atoms with Crippen LogP contribution < -0.4 is 9.47 Å². The number of nitro groups is 1. The Morgan fingerprint density at radius 2 is 1.58 bits per heavy atom. The molecule has 0 aromatic heterocycles. The summed E-state index contributed by atoms with van der Waals surface area (Å²) in [5, 5.41) is 10.7. The van der Waals surface area contributed by atoms with E-state index >= 15 is 0 Å². The van der Waals surface area contributed by atoms with Gasteiger partial charge in [-0.1, -0.05) is 13.8 Å². The number of sulfone groups is 1. The summed E-state index contributed by atoms with van der Waals surface area (Å²) in [4.78, 5) is 9.91. The molecular formula is C11H17NO6S. The number of nitro benzene ring substituents is 1. The first-order valence-corrected chi connectivity index (χ1v) is 7.31. The molecule has 1 aromatic carbocycles. The smallest absolute Gasteiger partial charge is 0.314 e. The third-order valence-electron chi connectivity index (χ3n) is 2.06. The number of nitrogens with zero attached hydrogens (tertiary/aromatic N) is 1. The van der Waals surface area contributed by atoms with E-state index in [1.165, 1.54) is 14.2 Å². The molecule has 7 nitrogen and oxygen atoms in total. The average molecular weight is 291 g/mol. The van der Waals surface area contributed by atoms with Gasteiger partial charge in [-0.2, -0.15) is 0 Å². The van der Waals surface area contributed by atoms with Gasteiger partial charge in [0.25, 0.3) is 0 Å². The topological polar surface area (TPSA) is 95.7 Å². The lowest BCUT2D eigenvalue weighted by atomic mass is 10.3. The van der Waals surface area contributed by atoms with Crippen molar-refractivity contribution in [2.75, 3.05) is 20.5 Å². The van der Waals surface area contributed by atoms with Crippen LogP contribution in [0.3, 0.4) is 0 Å². The molecular weight excluding hydrogens is 274 g/mol. The summed E-state index contributed by atoms with van der Waals surface area (Å²) in [6.45, 7) is 4.00. The third kappa shape index (κ3) is 4.09. The lowest BCUT2D eigenvalue weighted by Crippen LogP contribution is -2.03. The van der Waals surface area contributed by atoms with E-state index in [0.717, 1.165) is 18.4 Å². The van der Waals surface area contributed by atoms with Crippen LogP contribution in [-0.4, -0.2) is 33.8 Å². The van der Waals surface area contributed by atoms with Crippen LogP contribution in [0.2, 0.25) is 0 Å². The minimum absolute atomic E-state index is 0.0833. The number of benzene rings is 1. The third-order valence-corrected chi connectivity index (χ3v) is 3.18. The van der Waals surface area contributed by atoms with Crippen molar-refractivity contribution in [1.82, 2.24) is 0 Å². The van der Waals surface area contributed by atoms with E-state index in [0.29, 0.717) is 0 Å². The quantitative estimate of drug-likeness (QED) is 0.622. The molecule has 1 rings (SSSR count). The highest BCUT2D eigenvalue weighted by atomic mass is 32.2. The molecule has 0 atom stereocenters. The summed E-state index contributed by atoms with van der Waals surface area (Å²) in [6, 6.07) is 2.10. The Hall–Kier alpha value is -1.83. The fraction of sp³-hybridized carbons (Fsp3) is 0.455. The van der Waals surface area contributed by atoms with E-state index in [4.69, 9.17) is 9.47 Å². The minimum Gasteiger partial charge on any atom is -0.495 e. The molecule has 0 aliphatic carbocycles. The largest absolute Gasteiger partial charge is 0.495 e. The summed E-state index contributed by atoms with van der Waals surface area (Å²) in [6.07, 6.45) is 0.982. The van der Waals surface area contributed by atoms with Crippen molar-refractivity contribution >= 4 is 15.5 Å². The van der Waals surface area contributed by atoms with E-state index in [1.807, 2.05) is 13.8 Å². The molecule has 19 heavy (non-hydrogen) atoms. The molecule has 0 N–H and O–H groups in total. The van der Waals surface area contributed by atoms with Crippen LogP contribution in [0, 0.1) is 10.1 Å². The predicted molar refractivity (Wildman–Crippen MR) is 70.7 cm³/mol.